The summed E-state index contributed by atoms with van der Waals surface area (Å²) in [6, 6.07) is 7.25. The Morgan fingerprint density at radius 1 is 1.33 bits per heavy atom. The summed E-state index contributed by atoms with van der Waals surface area (Å²) in [4.78, 5) is -0.00198. The van der Waals surface area contributed by atoms with E-state index < -0.39 is 10.0 Å². The minimum Gasteiger partial charge on any atom is -0.497 e. The Labute approximate surface area is 123 Å². The number of H-pyrrole nitrogens is 1. The van der Waals surface area contributed by atoms with Gasteiger partial charge in [0.2, 0.25) is 10.0 Å². The highest BCUT2D eigenvalue weighted by molar-refractivity contribution is 7.89. The molecule has 21 heavy (non-hydrogen) atoms. The van der Waals surface area contributed by atoms with Gasteiger partial charge in [0.1, 0.15) is 16.5 Å². The smallest absolute Gasteiger partial charge is 0.248 e. The molecule has 0 radical (unpaired) electrons. The largest absolute Gasteiger partial charge is 0.497 e. The standard InChI is InChI=1S/C13H18N4O3S/c1-3-17(9-10-4-6-11(20-2)7-5-10)21(18,19)12-8-15-16-13(12)14/h4-8H,3,9H2,1-2H3,(H3,14,15,16). The number of rotatable bonds is 6. The fourth-order valence-corrected chi connectivity index (χ4v) is 3.38. The van der Waals surface area contributed by atoms with Gasteiger partial charge in [0.25, 0.3) is 0 Å². The van der Waals surface area contributed by atoms with Gasteiger partial charge in [0.05, 0.1) is 13.3 Å². The molecule has 0 spiro atoms. The number of methoxy groups -OCH3 is 1. The van der Waals surface area contributed by atoms with E-state index in [9.17, 15) is 8.42 Å². The number of ether oxygens (including phenoxy) is 1. The molecule has 1 aromatic carbocycles. The summed E-state index contributed by atoms with van der Waals surface area (Å²) in [5.41, 5.74) is 6.47. The average molecular weight is 310 g/mol. The maximum Gasteiger partial charge on any atom is 0.248 e. The van der Waals surface area contributed by atoms with E-state index in [4.69, 9.17) is 10.5 Å². The summed E-state index contributed by atoms with van der Waals surface area (Å²) in [7, 11) is -2.09. The molecule has 2 rings (SSSR count). The van der Waals surface area contributed by atoms with Gasteiger partial charge >= 0.3 is 0 Å². The van der Waals surface area contributed by atoms with Crippen molar-refractivity contribution < 1.29 is 13.2 Å². The molecule has 114 valence electrons. The van der Waals surface area contributed by atoms with Crippen LogP contribution < -0.4 is 10.5 Å². The van der Waals surface area contributed by atoms with Crippen LogP contribution in [-0.2, 0) is 16.6 Å². The van der Waals surface area contributed by atoms with Gasteiger partial charge in [-0.1, -0.05) is 19.1 Å². The quantitative estimate of drug-likeness (QED) is 0.835. The van der Waals surface area contributed by atoms with E-state index in [1.807, 2.05) is 12.1 Å². The number of nitrogens with one attached hydrogen (secondary N) is 1. The molecule has 0 fully saturated rings. The number of anilines is 1. The van der Waals surface area contributed by atoms with Gasteiger partial charge in [-0.2, -0.15) is 9.40 Å². The number of nitrogens with two attached hydrogens (primary N) is 1. The normalized spacial score (nSPS) is 11.8. The molecule has 1 heterocycles. The van der Waals surface area contributed by atoms with Gasteiger partial charge in [-0.05, 0) is 17.7 Å². The van der Waals surface area contributed by atoms with Crippen molar-refractivity contribution in [1.82, 2.24) is 14.5 Å². The Bertz CT molecular complexity index is 694. The second kappa shape index (κ2) is 6.15. The third-order valence-corrected chi connectivity index (χ3v) is 5.07. The van der Waals surface area contributed by atoms with Crippen molar-refractivity contribution >= 4 is 15.8 Å². The van der Waals surface area contributed by atoms with E-state index >= 15 is 0 Å². The SMILES string of the molecule is CCN(Cc1ccc(OC)cc1)S(=O)(=O)c1cn[nH]c1N. The maximum absolute atomic E-state index is 12.5. The molecule has 0 atom stereocenters. The van der Waals surface area contributed by atoms with Crippen LogP contribution in [0.2, 0.25) is 0 Å². The second-order valence-corrected chi connectivity index (χ2v) is 6.33. The zero-order valence-electron chi connectivity index (χ0n) is 11.9. The number of benzene rings is 1. The van der Waals surface area contributed by atoms with Crippen LogP contribution in [0.15, 0.2) is 35.4 Å². The third-order valence-electron chi connectivity index (χ3n) is 3.12. The maximum atomic E-state index is 12.5. The van der Waals surface area contributed by atoms with Crippen LogP contribution in [-0.4, -0.2) is 36.6 Å². The summed E-state index contributed by atoms with van der Waals surface area (Å²) in [6.45, 7) is 2.36. The number of aromatic amines is 1. The number of sulfonamides is 1. The molecule has 0 aliphatic rings. The molecule has 0 saturated heterocycles. The van der Waals surface area contributed by atoms with Gasteiger partial charge < -0.3 is 10.5 Å². The highest BCUT2D eigenvalue weighted by Crippen LogP contribution is 2.22. The Kier molecular flexibility index (Phi) is 4.49. The lowest BCUT2D eigenvalue weighted by Gasteiger charge is -2.20. The van der Waals surface area contributed by atoms with E-state index in [2.05, 4.69) is 10.2 Å². The van der Waals surface area contributed by atoms with Gasteiger partial charge in [-0.25, -0.2) is 8.42 Å². The fraction of sp³-hybridized carbons (Fsp3) is 0.308. The van der Waals surface area contributed by atoms with Crippen LogP contribution >= 0.6 is 0 Å². The van der Waals surface area contributed by atoms with Gasteiger partial charge in [0, 0.05) is 13.1 Å². The summed E-state index contributed by atoms with van der Waals surface area (Å²) < 4.78 is 31.5. The lowest BCUT2D eigenvalue weighted by atomic mass is 10.2. The molecule has 0 saturated carbocycles. The number of nitrogen functional groups attached to an aromatic ring is 1. The molecule has 2 aromatic rings. The topological polar surface area (TPSA) is 101 Å². The first-order valence-electron chi connectivity index (χ1n) is 6.41. The molecular weight excluding hydrogens is 292 g/mol. The molecule has 8 heteroatoms. The van der Waals surface area contributed by atoms with E-state index in [1.165, 1.54) is 10.5 Å². The minimum atomic E-state index is -3.67. The van der Waals surface area contributed by atoms with Crippen LogP contribution in [0.3, 0.4) is 0 Å². The molecule has 0 aliphatic carbocycles. The molecule has 7 nitrogen and oxygen atoms in total. The van der Waals surface area contributed by atoms with E-state index in [1.54, 1.807) is 26.2 Å². The molecular formula is C13H18N4O3S. The first kappa shape index (κ1) is 15.3. The lowest BCUT2D eigenvalue weighted by molar-refractivity contribution is 0.412. The average Bonchev–Trinajstić information content (AvgIpc) is 2.92. The van der Waals surface area contributed by atoms with E-state index in [0.29, 0.717) is 6.54 Å². The zero-order chi connectivity index (χ0) is 15.5. The Hall–Kier alpha value is -2.06. The van der Waals surface area contributed by atoms with Gasteiger partial charge in [-0.15, -0.1) is 0 Å². The van der Waals surface area contributed by atoms with Crippen molar-refractivity contribution in [2.45, 2.75) is 18.4 Å². The van der Waals surface area contributed by atoms with Crippen molar-refractivity contribution in [2.24, 2.45) is 0 Å². The van der Waals surface area contributed by atoms with Crippen LogP contribution in [0.5, 0.6) is 5.75 Å². The number of aromatic nitrogens is 2. The van der Waals surface area contributed by atoms with Crippen LogP contribution in [0.1, 0.15) is 12.5 Å². The summed E-state index contributed by atoms with van der Waals surface area (Å²) >= 11 is 0. The first-order valence-corrected chi connectivity index (χ1v) is 7.85. The Morgan fingerprint density at radius 2 is 2.00 bits per heavy atom. The highest BCUT2D eigenvalue weighted by Gasteiger charge is 2.26. The number of hydrogen-bond acceptors (Lipinski definition) is 5. The predicted octanol–water partition coefficient (Wildman–Crippen LogP) is 1.21. The van der Waals surface area contributed by atoms with Crippen LogP contribution in [0.4, 0.5) is 5.82 Å². The van der Waals surface area contributed by atoms with Crippen molar-refractivity contribution in [3.63, 3.8) is 0 Å². The van der Waals surface area contributed by atoms with E-state index in [0.717, 1.165) is 11.3 Å². The van der Waals surface area contributed by atoms with Crippen molar-refractivity contribution in [1.29, 1.82) is 0 Å². The molecule has 1 aromatic heterocycles. The second-order valence-electron chi connectivity index (χ2n) is 4.43. The molecule has 0 unspecified atom stereocenters. The van der Waals surface area contributed by atoms with Crippen LogP contribution in [0, 0.1) is 0 Å². The fourth-order valence-electron chi connectivity index (χ4n) is 1.93. The van der Waals surface area contributed by atoms with E-state index in [-0.39, 0.29) is 17.3 Å². The van der Waals surface area contributed by atoms with Crippen molar-refractivity contribution in [3.8, 4) is 5.75 Å². The first-order chi connectivity index (χ1) is 9.98. The summed E-state index contributed by atoms with van der Waals surface area (Å²) in [5.74, 6) is 0.770. The molecule has 3 N–H and O–H groups in total. The van der Waals surface area contributed by atoms with Crippen LogP contribution in [0.25, 0.3) is 0 Å². The summed E-state index contributed by atoms with van der Waals surface area (Å²) in [5, 5.41) is 6.10. The van der Waals surface area contributed by atoms with Crippen molar-refractivity contribution in [3.05, 3.63) is 36.0 Å². The summed E-state index contributed by atoms with van der Waals surface area (Å²) in [6.07, 6.45) is 1.22. The monoisotopic (exact) mass is 310 g/mol. The lowest BCUT2D eigenvalue weighted by Crippen LogP contribution is -2.30. The van der Waals surface area contributed by atoms with Crippen molar-refractivity contribution in [2.75, 3.05) is 19.4 Å². The van der Waals surface area contributed by atoms with Gasteiger partial charge in [0.15, 0.2) is 0 Å². The highest BCUT2D eigenvalue weighted by atomic mass is 32.2. The van der Waals surface area contributed by atoms with Gasteiger partial charge in [-0.3, -0.25) is 5.10 Å². The molecule has 0 bridgehead atoms. The Morgan fingerprint density at radius 3 is 2.48 bits per heavy atom. The Balaban J connectivity index is 2.25. The molecule has 0 aliphatic heterocycles. The third kappa shape index (κ3) is 3.17. The number of nitrogens with zero attached hydrogens (tertiary/aromatic N) is 2. The number of hydrogen-bond donors (Lipinski definition) is 2. The zero-order valence-corrected chi connectivity index (χ0v) is 12.7. The molecule has 0 amide bonds. The predicted molar refractivity (Wildman–Crippen MR) is 79.3 cm³/mol. The minimum absolute atomic E-state index is 0.00198.